The van der Waals surface area contributed by atoms with Gasteiger partial charge in [-0.05, 0) is 118 Å². The van der Waals surface area contributed by atoms with Crippen molar-refractivity contribution in [2.45, 2.75) is 111 Å². The Morgan fingerprint density at radius 2 is 1.24 bits per heavy atom. The van der Waals surface area contributed by atoms with Crippen LogP contribution < -0.4 is 0 Å². The lowest BCUT2D eigenvalue weighted by atomic mass is 10.0. The van der Waals surface area contributed by atoms with E-state index in [1.807, 2.05) is 0 Å². The van der Waals surface area contributed by atoms with Crippen LogP contribution in [0.1, 0.15) is 116 Å². The molecule has 0 radical (unpaired) electrons. The molecule has 0 saturated heterocycles. The highest BCUT2D eigenvalue weighted by molar-refractivity contribution is 8.76. The van der Waals surface area contributed by atoms with Gasteiger partial charge in [0.25, 0.3) is 5.69 Å². The monoisotopic (exact) mass is 599 g/mol. The molecule has 0 fully saturated rings. The SMILES string of the molecule is CC(C)=CCC/C(C)=C/CC/C(C)=C/CC/C(C)=C/CC/C(C)=C/CCCSSc1ccc([N+](=O)[O-])c(C(=O)O)c1. The topological polar surface area (TPSA) is 80.4 Å². The van der Waals surface area contributed by atoms with Gasteiger partial charge in [0.1, 0.15) is 5.56 Å². The summed E-state index contributed by atoms with van der Waals surface area (Å²) in [7, 11) is 3.10. The fraction of sp³-hybridized carbons (Fsp3) is 0.500. The average molecular weight is 600 g/mol. The minimum absolute atomic E-state index is 0.269. The predicted octanol–water partition coefficient (Wildman–Crippen LogP) is 11.7. The van der Waals surface area contributed by atoms with Crippen molar-refractivity contribution in [3.63, 3.8) is 0 Å². The number of carboxylic acids is 1. The maximum atomic E-state index is 11.3. The number of nitro benzene ring substituents is 1. The van der Waals surface area contributed by atoms with Crippen molar-refractivity contribution < 1.29 is 14.8 Å². The minimum Gasteiger partial charge on any atom is -0.477 e. The molecule has 5 nitrogen and oxygen atoms in total. The van der Waals surface area contributed by atoms with Gasteiger partial charge in [0, 0.05) is 16.7 Å². The van der Waals surface area contributed by atoms with Crippen molar-refractivity contribution in [1.29, 1.82) is 0 Å². The smallest absolute Gasteiger partial charge is 0.342 e. The van der Waals surface area contributed by atoms with E-state index >= 15 is 0 Å². The van der Waals surface area contributed by atoms with Gasteiger partial charge in [0.15, 0.2) is 0 Å². The third kappa shape index (κ3) is 17.8. The fourth-order valence-corrected chi connectivity index (χ4v) is 6.25. The summed E-state index contributed by atoms with van der Waals surface area (Å²) in [5, 5.41) is 20.2. The first-order valence-electron chi connectivity index (χ1n) is 14.6. The number of carboxylic acid groups (broad SMARTS) is 1. The van der Waals surface area contributed by atoms with E-state index in [-0.39, 0.29) is 11.3 Å². The maximum absolute atomic E-state index is 11.3. The van der Waals surface area contributed by atoms with E-state index in [2.05, 4.69) is 71.9 Å². The summed E-state index contributed by atoms with van der Waals surface area (Å²) in [6.07, 6.45) is 22.8. The number of hydrogen-bond donors (Lipinski definition) is 1. The van der Waals surface area contributed by atoms with Crippen LogP contribution in [0.2, 0.25) is 0 Å². The molecular formula is C34H49NO4S2. The summed E-state index contributed by atoms with van der Waals surface area (Å²) in [4.78, 5) is 22.3. The quantitative estimate of drug-likeness (QED) is 0.0528. The molecule has 0 heterocycles. The van der Waals surface area contributed by atoms with E-state index in [1.165, 1.54) is 50.8 Å². The number of aromatic carboxylic acids is 1. The lowest BCUT2D eigenvalue weighted by Crippen LogP contribution is -2.02. The van der Waals surface area contributed by atoms with Crippen molar-refractivity contribution in [1.82, 2.24) is 0 Å². The number of benzene rings is 1. The van der Waals surface area contributed by atoms with Crippen LogP contribution in [-0.4, -0.2) is 21.8 Å². The molecule has 226 valence electrons. The Labute approximate surface area is 255 Å². The standard InChI is InChI=1S/C34H49NO4S2/c1-26(2)13-9-15-28(4)17-11-19-30(6)21-12-20-29(5)18-10-16-27(3)14-7-8-24-40-41-31-22-23-33(35(38)39)32(25-31)34(36)37/h13-14,17-18,21-23,25H,7-12,15-16,19-20,24H2,1-6H3,(H,36,37)/b27-14+,28-17+,29-18+,30-21+. The zero-order valence-electron chi connectivity index (χ0n) is 25.8. The molecule has 1 aromatic carbocycles. The van der Waals surface area contributed by atoms with Crippen LogP contribution in [-0.2, 0) is 0 Å². The van der Waals surface area contributed by atoms with Gasteiger partial charge in [-0.2, -0.15) is 0 Å². The lowest BCUT2D eigenvalue weighted by Gasteiger charge is -2.04. The van der Waals surface area contributed by atoms with Crippen LogP contribution in [0.4, 0.5) is 5.69 Å². The van der Waals surface area contributed by atoms with Crippen LogP contribution in [0, 0.1) is 10.1 Å². The summed E-state index contributed by atoms with van der Waals surface area (Å²) in [5.74, 6) is -0.358. The lowest BCUT2D eigenvalue weighted by molar-refractivity contribution is -0.385. The first-order valence-corrected chi connectivity index (χ1v) is 16.9. The Kier molecular flexibility index (Phi) is 18.9. The zero-order chi connectivity index (χ0) is 30.6. The van der Waals surface area contributed by atoms with Gasteiger partial charge in [-0.3, -0.25) is 10.1 Å². The second kappa shape index (κ2) is 21.2. The molecular weight excluding hydrogens is 551 g/mol. The number of rotatable bonds is 20. The van der Waals surface area contributed by atoms with Crippen LogP contribution in [0.3, 0.4) is 0 Å². The Hall–Kier alpha value is -2.51. The molecule has 0 amide bonds. The predicted molar refractivity (Wildman–Crippen MR) is 179 cm³/mol. The van der Waals surface area contributed by atoms with Gasteiger partial charge < -0.3 is 5.11 Å². The first-order chi connectivity index (χ1) is 19.5. The molecule has 1 N–H and O–H groups in total. The molecule has 1 rings (SSSR count). The van der Waals surface area contributed by atoms with E-state index in [1.54, 1.807) is 16.9 Å². The second-order valence-corrected chi connectivity index (χ2v) is 13.4. The van der Waals surface area contributed by atoms with E-state index in [9.17, 15) is 20.0 Å². The summed E-state index contributed by atoms with van der Waals surface area (Å²) < 4.78 is 0. The van der Waals surface area contributed by atoms with Crippen molar-refractivity contribution in [3.05, 3.63) is 92.1 Å². The number of allylic oxidation sites excluding steroid dienone is 10. The normalized spacial score (nSPS) is 12.9. The summed E-state index contributed by atoms with van der Waals surface area (Å²) in [6, 6.07) is 4.25. The molecule has 0 bridgehead atoms. The van der Waals surface area contributed by atoms with E-state index in [0.29, 0.717) is 4.90 Å². The molecule has 1 aromatic rings. The van der Waals surface area contributed by atoms with Crippen molar-refractivity contribution in [2.24, 2.45) is 0 Å². The second-order valence-electron chi connectivity index (χ2n) is 10.9. The van der Waals surface area contributed by atoms with E-state index < -0.39 is 10.9 Å². The summed E-state index contributed by atoms with van der Waals surface area (Å²) in [5.41, 5.74) is 6.61. The van der Waals surface area contributed by atoms with Gasteiger partial charge >= 0.3 is 5.97 Å². The van der Waals surface area contributed by atoms with E-state index in [0.717, 1.165) is 70.0 Å². The van der Waals surface area contributed by atoms with E-state index in [4.69, 9.17) is 0 Å². The van der Waals surface area contributed by atoms with Crippen LogP contribution in [0.5, 0.6) is 0 Å². The molecule has 0 aliphatic carbocycles. The molecule has 0 aliphatic heterocycles. The van der Waals surface area contributed by atoms with Gasteiger partial charge in [-0.15, -0.1) is 0 Å². The molecule has 0 unspecified atom stereocenters. The molecule has 0 spiro atoms. The van der Waals surface area contributed by atoms with Gasteiger partial charge in [0.05, 0.1) is 4.92 Å². The number of hydrogen-bond acceptors (Lipinski definition) is 5. The summed E-state index contributed by atoms with van der Waals surface area (Å²) in [6.45, 7) is 13.2. The fourth-order valence-electron chi connectivity index (χ4n) is 4.13. The molecule has 0 aromatic heterocycles. The molecule has 0 aliphatic rings. The number of unbranched alkanes of at least 4 members (excludes halogenated alkanes) is 1. The maximum Gasteiger partial charge on any atom is 0.342 e. The van der Waals surface area contributed by atoms with Gasteiger partial charge in [0.2, 0.25) is 0 Å². The number of carbonyl (C=O) groups is 1. The first kappa shape index (κ1) is 36.5. The third-order valence-corrected chi connectivity index (χ3v) is 9.11. The largest absolute Gasteiger partial charge is 0.477 e. The molecule has 41 heavy (non-hydrogen) atoms. The molecule has 0 atom stereocenters. The van der Waals surface area contributed by atoms with Crippen LogP contribution in [0.25, 0.3) is 0 Å². The highest BCUT2D eigenvalue weighted by Gasteiger charge is 2.20. The molecule has 0 saturated carbocycles. The highest BCUT2D eigenvalue weighted by atomic mass is 33.1. The summed E-state index contributed by atoms with van der Waals surface area (Å²) >= 11 is 0. The third-order valence-electron chi connectivity index (χ3n) is 6.66. The Morgan fingerprint density at radius 3 is 1.68 bits per heavy atom. The minimum atomic E-state index is -1.28. The highest BCUT2D eigenvalue weighted by Crippen LogP contribution is 2.34. The van der Waals surface area contributed by atoms with Crippen molar-refractivity contribution >= 4 is 33.2 Å². The van der Waals surface area contributed by atoms with Gasteiger partial charge in [-0.25, -0.2) is 4.79 Å². The van der Waals surface area contributed by atoms with Gasteiger partial charge in [-0.1, -0.05) is 79.8 Å². The zero-order valence-corrected chi connectivity index (χ0v) is 27.5. The Balaban J connectivity index is 2.24. The average Bonchev–Trinajstić information content (AvgIpc) is 2.90. The van der Waals surface area contributed by atoms with Crippen molar-refractivity contribution in [2.75, 3.05) is 5.75 Å². The van der Waals surface area contributed by atoms with Crippen LogP contribution in [0.15, 0.2) is 81.3 Å². The number of nitrogens with zero attached hydrogens (tertiary/aromatic N) is 1. The Morgan fingerprint density at radius 1 is 0.780 bits per heavy atom. The molecule has 7 heteroatoms. The van der Waals surface area contributed by atoms with Crippen molar-refractivity contribution in [3.8, 4) is 0 Å². The Bertz CT molecular complexity index is 1140. The van der Waals surface area contributed by atoms with Crippen LogP contribution >= 0.6 is 21.6 Å². The number of nitro groups is 1.